The van der Waals surface area contributed by atoms with E-state index < -0.39 is 11.8 Å². The summed E-state index contributed by atoms with van der Waals surface area (Å²) < 4.78 is 0. The van der Waals surface area contributed by atoms with Crippen molar-refractivity contribution >= 4 is 23.4 Å². The van der Waals surface area contributed by atoms with Gasteiger partial charge in [-0.2, -0.15) is 0 Å². The van der Waals surface area contributed by atoms with Crippen molar-refractivity contribution in [1.29, 1.82) is 0 Å². The minimum Gasteiger partial charge on any atom is -0.352 e. The van der Waals surface area contributed by atoms with E-state index in [0.29, 0.717) is 12.2 Å². The molecule has 27 heavy (non-hydrogen) atoms. The topological polar surface area (TPSA) is 112 Å². The molecule has 1 aromatic heterocycles. The lowest BCUT2D eigenvalue weighted by Crippen LogP contribution is -2.43. The van der Waals surface area contributed by atoms with Crippen molar-refractivity contribution in [1.82, 2.24) is 21.2 Å². The number of carbonyl (C=O) groups excluding carboxylic acids is 3. The predicted octanol–water partition coefficient (Wildman–Crippen LogP) is 1.17. The molecule has 1 aromatic carbocycles. The second-order valence-electron chi connectivity index (χ2n) is 5.82. The summed E-state index contributed by atoms with van der Waals surface area (Å²) >= 11 is 0. The molecule has 0 unspecified atom stereocenters. The van der Waals surface area contributed by atoms with Gasteiger partial charge >= 0.3 is 11.8 Å². The average molecular weight is 367 g/mol. The van der Waals surface area contributed by atoms with Gasteiger partial charge in [-0.05, 0) is 30.7 Å². The number of pyridine rings is 1. The van der Waals surface area contributed by atoms with Crippen LogP contribution in [-0.2, 0) is 20.9 Å². The molecule has 8 nitrogen and oxygen atoms in total. The van der Waals surface area contributed by atoms with Crippen LogP contribution in [0.3, 0.4) is 0 Å². The van der Waals surface area contributed by atoms with Crippen LogP contribution in [-0.4, -0.2) is 22.7 Å². The van der Waals surface area contributed by atoms with Crippen molar-refractivity contribution in [3.63, 3.8) is 0 Å². The molecule has 0 aliphatic rings. The first kappa shape index (κ1) is 19.6. The number of hydrazine groups is 1. The lowest BCUT2D eigenvalue weighted by atomic mass is 10.2. The molecule has 3 amide bonds. The zero-order chi connectivity index (χ0) is 19.6. The Morgan fingerprint density at radius 1 is 1.04 bits per heavy atom. The number of nitrogens with one attached hydrogen (secondary N) is 4. The molecular formula is C19H21N5O3. The molecular weight excluding hydrogens is 346 g/mol. The van der Waals surface area contributed by atoms with Crippen molar-refractivity contribution in [3.8, 4) is 0 Å². The number of rotatable bonds is 7. The van der Waals surface area contributed by atoms with E-state index in [1.165, 1.54) is 0 Å². The molecule has 2 rings (SSSR count). The van der Waals surface area contributed by atoms with Gasteiger partial charge in [0.05, 0.1) is 6.42 Å². The summed E-state index contributed by atoms with van der Waals surface area (Å²) in [5.74, 6) is -2.01. The van der Waals surface area contributed by atoms with Crippen molar-refractivity contribution in [3.05, 3.63) is 72.2 Å². The molecule has 140 valence electrons. The van der Waals surface area contributed by atoms with Crippen LogP contribution in [0.15, 0.2) is 61.1 Å². The molecule has 0 atom stereocenters. The van der Waals surface area contributed by atoms with E-state index in [-0.39, 0.29) is 18.0 Å². The maximum atomic E-state index is 11.8. The van der Waals surface area contributed by atoms with Gasteiger partial charge in [-0.3, -0.25) is 24.8 Å². The standard InChI is InChI=1S/C19H21N5O3/c1-13-5-7-16(8-6-13)22-18(26)19(27)24-23-14(2)10-17(25)21-12-15-4-3-9-20-11-15/h3-9,11,23H,2,10,12H2,1H3,(H,21,25)(H,22,26)(H,24,27). The van der Waals surface area contributed by atoms with E-state index in [0.717, 1.165) is 11.1 Å². The third kappa shape index (κ3) is 6.99. The van der Waals surface area contributed by atoms with E-state index in [1.54, 1.807) is 30.6 Å². The highest BCUT2D eigenvalue weighted by Crippen LogP contribution is 2.08. The van der Waals surface area contributed by atoms with Crippen LogP contribution < -0.4 is 21.5 Å². The summed E-state index contributed by atoms with van der Waals surface area (Å²) in [6, 6.07) is 10.6. The lowest BCUT2D eigenvalue weighted by molar-refractivity contribution is -0.136. The Kier molecular flexibility index (Phi) is 7.07. The van der Waals surface area contributed by atoms with E-state index >= 15 is 0 Å². The molecule has 2 aromatic rings. The van der Waals surface area contributed by atoms with Gasteiger partial charge in [-0.1, -0.05) is 30.3 Å². The van der Waals surface area contributed by atoms with Crippen LogP contribution in [0.1, 0.15) is 17.5 Å². The van der Waals surface area contributed by atoms with Gasteiger partial charge in [0.25, 0.3) is 0 Å². The van der Waals surface area contributed by atoms with Crippen LogP contribution in [0.25, 0.3) is 0 Å². The van der Waals surface area contributed by atoms with Crippen LogP contribution >= 0.6 is 0 Å². The zero-order valence-corrected chi connectivity index (χ0v) is 14.9. The highest BCUT2D eigenvalue weighted by Gasteiger charge is 2.14. The molecule has 0 bridgehead atoms. The van der Waals surface area contributed by atoms with Gasteiger partial charge in [0.1, 0.15) is 0 Å². The summed E-state index contributed by atoms with van der Waals surface area (Å²) in [6.45, 7) is 5.90. The highest BCUT2D eigenvalue weighted by molar-refractivity contribution is 6.39. The number of benzene rings is 1. The first-order chi connectivity index (χ1) is 12.9. The summed E-state index contributed by atoms with van der Waals surface area (Å²) in [4.78, 5) is 39.4. The van der Waals surface area contributed by atoms with Gasteiger partial charge in [0.15, 0.2) is 0 Å². The Morgan fingerprint density at radius 2 is 1.78 bits per heavy atom. The molecule has 0 aliphatic heterocycles. The number of aromatic nitrogens is 1. The Labute approximate surface area is 157 Å². The maximum Gasteiger partial charge on any atom is 0.327 e. The molecule has 1 heterocycles. The van der Waals surface area contributed by atoms with Crippen LogP contribution in [0.5, 0.6) is 0 Å². The quantitative estimate of drug-likeness (QED) is 0.433. The number of hydrogen-bond donors (Lipinski definition) is 4. The molecule has 0 aliphatic carbocycles. The zero-order valence-electron chi connectivity index (χ0n) is 14.9. The molecule has 0 saturated carbocycles. The van der Waals surface area contributed by atoms with Crippen molar-refractivity contribution in [2.75, 3.05) is 5.32 Å². The Balaban J connectivity index is 1.69. The fraction of sp³-hybridized carbons (Fsp3) is 0.158. The second-order valence-corrected chi connectivity index (χ2v) is 5.82. The van der Waals surface area contributed by atoms with Gasteiger partial charge in [-0.25, -0.2) is 0 Å². The number of anilines is 1. The van der Waals surface area contributed by atoms with Crippen molar-refractivity contribution in [2.24, 2.45) is 0 Å². The smallest absolute Gasteiger partial charge is 0.327 e. The van der Waals surface area contributed by atoms with Crippen LogP contribution in [0.2, 0.25) is 0 Å². The van der Waals surface area contributed by atoms with Gasteiger partial charge < -0.3 is 16.1 Å². The fourth-order valence-corrected chi connectivity index (χ4v) is 2.03. The normalized spacial score (nSPS) is 9.81. The average Bonchev–Trinajstić information content (AvgIpc) is 2.67. The van der Waals surface area contributed by atoms with Crippen LogP contribution in [0, 0.1) is 6.92 Å². The molecule has 4 N–H and O–H groups in total. The lowest BCUT2D eigenvalue weighted by Gasteiger charge is -2.11. The third-order valence-electron chi connectivity index (χ3n) is 3.45. The van der Waals surface area contributed by atoms with Gasteiger partial charge in [-0.15, -0.1) is 0 Å². The Hall–Kier alpha value is -3.68. The molecule has 0 spiro atoms. The summed E-state index contributed by atoms with van der Waals surface area (Å²) in [5.41, 5.74) is 7.32. The minimum atomic E-state index is -0.896. The third-order valence-corrected chi connectivity index (χ3v) is 3.45. The predicted molar refractivity (Wildman–Crippen MR) is 101 cm³/mol. The van der Waals surface area contributed by atoms with Gasteiger partial charge in [0.2, 0.25) is 5.91 Å². The van der Waals surface area contributed by atoms with Crippen LogP contribution in [0.4, 0.5) is 5.69 Å². The number of hydrogen-bond acceptors (Lipinski definition) is 5. The van der Waals surface area contributed by atoms with Crippen molar-refractivity contribution in [2.45, 2.75) is 19.9 Å². The first-order valence-electron chi connectivity index (χ1n) is 8.21. The molecule has 0 saturated heterocycles. The van der Waals surface area contributed by atoms with Gasteiger partial charge in [0, 0.05) is 30.3 Å². The number of nitrogens with zero attached hydrogens (tertiary/aromatic N) is 1. The summed E-state index contributed by atoms with van der Waals surface area (Å²) in [5, 5.41) is 5.17. The summed E-state index contributed by atoms with van der Waals surface area (Å²) in [7, 11) is 0. The molecule has 0 fully saturated rings. The SMILES string of the molecule is C=C(CC(=O)NCc1cccnc1)NNC(=O)C(=O)Nc1ccc(C)cc1. The summed E-state index contributed by atoms with van der Waals surface area (Å²) in [6.07, 6.45) is 3.25. The van der Waals surface area contributed by atoms with E-state index in [9.17, 15) is 14.4 Å². The largest absolute Gasteiger partial charge is 0.352 e. The second kappa shape index (κ2) is 9.71. The fourth-order valence-electron chi connectivity index (χ4n) is 2.03. The number of amides is 3. The van der Waals surface area contributed by atoms with Crippen molar-refractivity contribution < 1.29 is 14.4 Å². The number of carbonyl (C=O) groups is 3. The first-order valence-corrected chi connectivity index (χ1v) is 8.21. The Morgan fingerprint density at radius 3 is 2.44 bits per heavy atom. The highest BCUT2D eigenvalue weighted by atomic mass is 16.2. The molecule has 8 heteroatoms. The monoisotopic (exact) mass is 367 g/mol. The minimum absolute atomic E-state index is 0.0554. The maximum absolute atomic E-state index is 11.8. The number of aryl methyl sites for hydroxylation is 1. The molecule has 0 radical (unpaired) electrons. The van der Waals surface area contributed by atoms with E-state index in [2.05, 4.69) is 33.0 Å². The van der Waals surface area contributed by atoms with E-state index in [4.69, 9.17) is 0 Å². The van der Waals surface area contributed by atoms with E-state index in [1.807, 2.05) is 25.1 Å². The Bertz CT molecular complexity index is 819.